The summed E-state index contributed by atoms with van der Waals surface area (Å²) in [6.45, 7) is 3.29. The third kappa shape index (κ3) is 6.40. The smallest absolute Gasteiger partial charge is 0.340 e. The Morgan fingerprint density at radius 1 is 1.22 bits per heavy atom. The number of ether oxygens (including phenoxy) is 2. The third-order valence-electron chi connectivity index (χ3n) is 4.80. The summed E-state index contributed by atoms with van der Waals surface area (Å²) in [6, 6.07) is 10.4. The molecule has 1 atom stereocenters. The summed E-state index contributed by atoms with van der Waals surface area (Å²) in [5, 5.41) is 6.13. The van der Waals surface area contributed by atoms with Crippen molar-refractivity contribution in [3.63, 3.8) is 0 Å². The summed E-state index contributed by atoms with van der Waals surface area (Å²) < 4.78 is 10.6. The van der Waals surface area contributed by atoms with E-state index in [-0.39, 0.29) is 17.7 Å². The lowest BCUT2D eigenvalue weighted by atomic mass is 10.2. The second-order valence-electron chi connectivity index (χ2n) is 7.47. The van der Waals surface area contributed by atoms with Crippen LogP contribution in [0.1, 0.15) is 35.7 Å². The molecule has 1 saturated carbocycles. The van der Waals surface area contributed by atoms with E-state index in [4.69, 9.17) is 21.1 Å². The van der Waals surface area contributed by atoms with Crippen molar-refractivity contribution in [1.29, 1.82) is 0 Å². The average Bonchev–Trinajstić information content (AvgIpc) is 3.58. The molecule has 32 heavy (non-hydrogen) atoms. The predicted molar refractivity (Wildman–Crippen MR) is 125 cm³/mol. The fourth-order valence-corrected chi connectivity index (χ4v) is 3.85. The summed E-state index contributed by atoms with van der Waals surface area (Å²) >= 11 is 7.36. The Hall–Kier alpha value is -2.71. The lowest BCUT2D eigenvalue weighted by Crippen LogP contribution is -2.30. The van der Waals surface area contributed by atoms with E-state index >= 15 is 0 Å². The number of methoxy groups -OCH3 is 1. The monoisotopic (exact) mass is 476 g/mol. The van der Waals surface area contributed by atoms with E-state index in [1.165, 1.54) is 25.8 Å². The molecule has 1 fully saturated rings. The molecule has 0 spiro atoms. The molecule has 0 bridgehead atoms. The second-order valence-corrected chi connectivity index (χ2v) is 8.89. The van der Waals surface area contributed by atoms with Gasteiger partial charge in [-0.1, -0.05) is 23.7 Å². The van der Waals surface area contributed by atoms with Gasteiger partial charge in [-0.05, 0) is 50.5 Å². The highest BCUT2D eigenvalue weighted by atomic mass is 35.5. The predicted octanol–water partition coefficient (Wildman–Crippen LogP) is 4.21. The van der Waals surface area contributed by atoms with Crippen LogP contribution in [0.2, 0.25) is 5.02 Å². The first-order chi connectivity index (χ1) is 15.3. The van der Waals surface area contributed by atoms with E-state index in [9.17, 15) is 14.4 Å². The van der Waals surface area contributed by atoms with Crippen molar-refractivity contribution in [1.82, 2.24) is 5.32 Å². The van der Waals surface area contributed by atoms with Crippen LogP contribution in [-0.4, -0.2) is 42.8 Å². The molecule has 0 heterocycles. The highest BCUT2D eigenvalue weighted by Gasteiger charge is 2.24. The van der Waals surface area contributed by atoms with Gasteiger partial charge in [0, 0.05) is 22.0 Å². The van der Waals surface area contributed by atoms with Crippen molar-refractivity contribution in [2.24, 2.45) is 0 Å². The maximum absolute atomic E-state index is 12.7. The van der Waals surface area contributed by atoms with Crippen molar-refractivity contribution >= 4 is 46.8 Å². The van der Waals surface area contributed by atoms with Gasteiger partial charge in [0.25, 0.3) is 5.91 Å². The fourth-order valence-electron chi connectivity index (χ4n) is 2.84. The molecule has 170 valence electrons. The van der Waals surface area contributed by atoms with E-state index in [0.717, 1.165) is 18.4 Å². The quantitative estimate of drug-likeness (QED) is 0.416. The topological polar surface area (TPSA) is 93.7 Å². The van der Waals surface area contributed by atoms with Gasteiger partial charge in [0.1, 0.15) is 5.75 Å². The van der Waals surface area contributed by atoms with Gasteiger partial charge in [-0.15, -0.1) is 11.8 Å². The molecule has 3 rings (SSSR count). The number of esters is 1. The number of anilines is 1. The van der Waals surface area contributed by atoms with Gasteiger partial charge in [-0.3, -0.25) is 9.59 Å². The Morgan fingerprint density at radius 2 is 1.94 bits per heavy atom. The van der Waals surface area contributed by atoms with Crippen molar-refractivity contribution < 1.29 is 23.9 Å². The van der Waals surface area contributed by atoms with Crippen LogP contribution in [0, 0.1) is 6.92 Å². The first-order valence-electron chi connectivity index (χ1n) is 10.2. The molecule has 2 amide bonds. The molecule has 2 aromatic rings. The van der Waals surface area contributed by atoms with Crippen molar-refractivity contribution in [3.05, 3.63) is 52.5 Å². The molecular formula is C23H25ClN2O5S. The highest BCUT2D eigenvalue weighted by Crippen LogP contribution is 2.31. The zero-order valence-electron chi connectivity index (χ0n) is 18.1. The van der Waals surface area contributed by atoms with Crippen LogP contribution < -0.4 is 15.4 Å². The zero-order valence-corrected chi connectivity index (χ0v) is 19.6. The maximum Gasteiger partial charge on any atom is 0.340 e. The minimum Gasteiger partial charge on any atom is -0.495 e. The van der Waals surface area contributed by atoms with E-state index < -0.39 is 18.0 Å². The summed E-state index contributed by atoms with van der Waals surface area (Å²) in [4.78, 5) is 37.9. The van der Waals surface area contributed by atoms with E-state index in [1.807, 2.05) is 0 Å². The standard InChI is InChI=1S/C23H25ClN2O5S/c1-13-10-18(19(30-3)11-17(13)24)26-22(28)14(2)31-23(29)16-6-4-5-7-20(16)32-12-21(27)25-15-8-9-15/h4-7,10-11,14-15H,8-9,12H2,1-3H3,(H,25,27)(H,26,28)/t14-/m0/s1. The SMILES string of the molecule is COc1cc(Cl)c(C)cc1NC(=O)[C@H](C)OC(=O)c1ccccc1SCC(=O)NC1CC1. The molecule has 1 aliphatic rings. The summed E-state index contributed by atoms with van der Waals surface area (Å²) in [7, 11) is 1.47. The molecule has 0 aromatic heterocycles. The molecule has 7 nitrogen and oxygen atoms in total. The second kappa shape index (κ2) is 10.7. The molecule has 0 radical (unpaired) electrons. The van der Waals surface area contributed by atoms with Crippen LogP contribution in [0.5, 0.6) is 5.75 Å². The van der Waals surface area contributed by atoms with Crippen molar-refractivity contribution in [2.75, 3.05) is 18.2 Å². The Morgan fingerprint density at radius 3 is 2.62 bits per heavy atom. The number of hydrogen-bond donors (Lipinski definition) is 2. The van der Waals surface area contributed by atoms with Crippen molar-refractivity contribution in [3.8, 4) is 5.75 Å². The molecule has 2 aromatic carbocycles. The zero-order chi connectivity index (χ0) is 23.3. The summed E-state index contributed by atoms with van der Waals surface area (Å²) in [5.74, 6) is -0.615. The van der Waals surface area contributed by atoms with Gasteiger partial charge in [0.15, 0.2) is 6.10 Å². The molecule has 0 aliphatic heterocycles. The molecule has 2 N–H and O–H groups in total. The Balaban J connectivity index is 1.62. The molecule has 9 heteroatoms. The first kappa shape index (κ1) is 23.9. The number of hydrogen-bond acceptors (Lipinski definition) is 6. The van der Waals surface area contributed by atoms with Gasteiger partial charge >= 0.3 is 5.97 Å². The van der Waals surface area contributed by atoms with Gasteiger partial charge in [0.2, 0.25) is 5.91 Å². The Kier molecular flexibility index (Phi) is 8.04. The number of amides is 2. The minimum absolute atomic E-state index is 0.0689. The number of carbonyl (C=O) groups is 3. The van der Waals surface area contributed by atoms with Gasteiger partial charge < -0.3 is 20.1 Å². The third-order valence-corrected chi connectivity index (χ3v) is 6.28. The highest BCUT2D eigenvalue weighted by molar-refractivity contribution is 8.00. The van der Waals surface area contributed by atoms with Crippen LogP contribution in [-0.2, 0) is 14.3 Å². The van der Waals surface area contributed by atoms with Crippen LogP contribution in [0.3, 0.4) is 0 Å². The Labute approximate surface area is 196 Å². The minimum atomic E-state index is -1.06. The molecule has 1 aliphatic carbocycles. The van der Waals surface area contributed by atoms with Crippen LogP contribution in [0.15, 0.2) is 41.3 Å². The number of thioether (sulfide) groups is 1. The van der Waals surface area contributed by atoms with E-state index in [0.29, 0.717) is 26.9 Å². The van der Waals surface area contributed by atoms with Crippen LogP contribution >= 0.6 is 23.4 Å². The summed E-state index contributed by atoms with van der Waals surface area (Å²) in [6.07, 6.45) is 0.973. The number of nitrogens with one attached hydrogen (secondary N) is 2. The van der Waals surface area contributed by atoms with E-state index in [1.54, 1.807) is 43.3 Å². The number of halogens is 1. The largest absolute Gasteiger partial charge is 0.495 e. The first-order valence-corrected chi connectivity index (χ1v) is 11.5. The maximum atomic E-state index is 12.7. The van der Waals surface area contributed by atoms with Crippen LogP contribution in [0.4, 0.5) is 5.69 Å². The fraction of sp³-hybridized carbons (Fsp3) is 0.348. The van der Waals surface area contributed by atoms with Crippen molar-refractivity contribution in [2.45, 2.75) is 43.7 Å². The molecule has 0 saturated heterocycles. The summed E-state index contributed by atoms with van der Waals surface area (Å²) in [5.41, 5.74) is 1.50. The van der Waals surface area contributed by atoms with Gasteiger partial charge in [-0.2, -0.15) is 0 Å². The number of carbonyl (C=O) groups excluding carboxylic acids is 3. The molecular weight excluding hydrogens is 452 g/mol. The molecule has 0 unspecified atom stereocenters. The number of rotatable bonds is 9. The van der Waals surface area contributed by atoms with Crippen LogP contribution in [0.25, 0.3) is 0 Å². The lowest BCUT2D eigenvalue weighted by Gasteiger charge is -2.17. The average molecular weight is 477 g/mol. The van der Waals surface area contributed by atoms with E-state index in [2.05, 4.69) is 10.6 Å². The lowest BCUT2D eigenvalue weighted by molar-refractivity contribution is -0.123. The van der Waals surface area contributed by atoms with Gasteiger partial charge in [-0.25, -0.2) is 4.79 Å². The number of benzene rings is 2. The number of aryl methyl sites for hydroxylation is 1. The Bertz CT molecular complexity index is 1030. The normalized spacial score (nSPS) is 13.8. The van der Waals surface area contributed by atoms with Gasteiger partial charge in [0.05, 0.1) is 24.1 Å².